The lowest BCUT2D eigenvalue weighted by atomic mass is 10.0. The number of nitrogens with zero attached hydrogens (tertiary/aromatic N) is 3. The Hall–Kier alpha value is -3.81. The van der Waals surface area contributed by atoms with E-state index in [9.17, 15) is 31.1 Å². The Morgan fingerprint density at radius 1 is 1.24 bits per heavy atom. The summed E-state index contributed by atoms with van der Waals surface area (Å²) in [6.07, 6.45) is -2.32. The third kappa shape index (κ3) is 6.36. The lowest BCUT2D eigenvalue weighted by Gasteiger charge is -2.13. The summed E-state index contributed by atoms with van der Waals surface area (Å²) < 4.78 is 84.5. The van der Waals surface area contributed by atoms with Gasteiger partial charge >= 0.3 is 12.1 Å². The van der Waals surface area contributed by atoms with Crippen molar-refractivity contribution in [1.29, 1.82) is 0 Å². The largest absolute Gasteiger partial charge is 0.442 e. The zero-order valence-corrected chi connectivity index (χ0v) is 20.0. The number of aliphatic hydroxyl groups excluding tert-OH is 1. The van der Waals surface area contributed by atoms with Crippen LogP contribution in [-0.4, -0.2) is 56.9 Å². The predicted octanol–water partition coefficient (Wildman–Crippen LogP) is 4.78. The van der Waals surface area contributed by atoms with Crippen molar-refractivity contribution in [2.24, 2.45) is 0 Å². The van der Waals surface area contributed by atoms with Gasteiger partial charge in [0, 0.05) is 29.8 Å². The van der Waals surface area contributed by atoms with Crippen LogP contribution in [0.25, 0.3) is 16.9 Å². The van der Waals surface area contributed by atoms with Crippen LogP contribution in [0.1, 0.15) is 35.2 Å². The van der Waals surface area contributed by atoms with Gasteiger partial charge in [0.15, 0.2) is 5.65 Å². The number of imidazole rings is 1. The molecule has 1 aliphatic carbocycles. The van der Waals surface area contributed by atoms with Crippen LogP contribution in [0.2, 0.25) is 0 Å². The van der Waals surface area contributed by atoms with Crippen LogP contribution < -0.4 is 15.4 Å². The van der Waals surface area contributed by atoms with Crippen molar-refractivity contribution in [3.8, 4) is 17.1 Å². The van der Waals surface area contributed by atoms with Gasteiger partial charge in [-0.2, -0.15) is 22.0 Å². The zero-order chi connectivity index (χ0) is 27.7. The Morgan fingerprint density at radius 2 is 1.97 bits per heavy atom. The van der Waals surface area contributed by atoms with E-state index in [1.54, 1.807) is 25.1 Å². The Balaban J connectivity index is 1.70. The molecule has 2 heterocycles. The molecule has 0 spiro atoms. The number of carbonyl (C=O) groups excluding carboxylic acids is 1. The molecule has 14 heteroatoms. The second-order valence-electron chi connectivity index (χ2n) is 8.79. The summed E-state index contributed by atoms with van der Waals surface area (Å²) in [7, 11) is 0. The molecule has 204 valence electrons. The number of rotatable bonds is 10. The number of fused-ring (bicyclic) bond motifs is 1. The Labute approximate surface area is 212 Å². The van der Waals surface area contributed by atoms with E-state index in [0.29, 0.717) is 22.4 Å². The van der Waals surface area contributed by atoms with E-state index in [-0.39, 0.29) is 29.5 Å². The summed E-state index contributed by atoms with van der Waals surface area (Å²) in [6, 6.07) is 6.19. The number of aryl methyl sites for hydroxylation is 1. The van der Waals surface area contributed by atoms with Gasteiger partial charge < -0.3 is 20.5 Å². The molecule has 0 atom stereocenters. The fourth-order valence-corrected chi connectivity index (χ4v) is 3.51. The van der Waals surface area contributed by atoms with Crippen molar-refractivity contribution in [3.05, 3.63) is 53.7 Å². The summed E-state index contributed by atoms with van der Waals surface area (Å²) in [4.78, 5) is 16.7. The first kappa shape index (κ1) is 27.2. The number of hydrogen-bond donors (Lipinski definition) is 3. The molecule has 8 nitrogen and oxygen atoms in total. The summed E-state index contributed by atoms with van der Waals surface area (Å²) in [5.74, 6) is -6.92. The van der Waals surface area contributed by atoms with Gasteiger partial charge in [-0.25, -0.2) is 13.9 Å². The van der Waals surface area contributed by atoms with E-state index in [4.69, 9.17) is 9.84 Å². The fraction of sp³-hybridized carbons (Fsp3) is 0.375. The molecule has 1 saturated carbocycles. The molecule has 1 fully saturated rings. The Kier molecular flexibility index (Phi) is 7.54. The minimum absolute atomic E-state index is 0.0189. The lowest BCUT2D eigenvalue weighted by molar-refractivity contribution is -0.131. The molecule has 1 aromatic carbocycles. The standard InChI is InChI=1S/C24H23F6N5O3/c1-13-8-14(2-5-16(13)22(37)33-15-3-4-15)18-10-32-21-17(31-7-6-24(28,29)30)9-20(34-35(18)21)38-11-19(25)23(26,27)12-36/h2,5,8-11,15,31,36H,3-4,6-7,12H2,1H3,(H,33,37). The quantitative estimate of drug-likeness (QED) is 0.252. The van der Waals surface area contributed by atoms with Crippen molar-refractivity contribution >= 4 is 17.2 Å². The van der Waals surface area contributed by atoms with E-state index in [0.717, 1.165) is 18.9 Å². The van der Waals surface area contributed by atoms with E-state index in [1.165, 1.54) is 10.7 Å². The first-order chi connectivity index (χ1) is 17.9. The molecule has 38 heavy (non-hydrogen) atoms. The van der Waals surface area contributed by atoms with E-state index in [1.807, 2.05) is 0 Å². The van der Waals surface area contributed by atoms with Crippen LogP contribution in [0.15, 0.2) is 42.6 Å². The van der Waals surface area contributed by atoms with Crippen molar-refractivity contribution in [2.45, 2.75) is 44.3 Å². The number of hydrogen-bond acceptors (Lipinski definition) is 6. The molecule has 0 saturated heterocycles. The molecule has 4 rings (SSSR count). The zero-order valence-electron chi connectivity index (χ0n) is 20.0. The minimum Gasteiger partial charge on any atom is -0.442 e. The Morgan fingerprint density at radius 3 is 2.61 bits per heavy atom. The summed E-state index contributed by atoms with van der Waals surface area (Å²) >= 11 is 0. The summed E-state index contributed by atoms with van der Waals surface area (Å²) in [5, 5.41) is 18.2. The second kappa shape index (κ2) is 10.5. The van der Waals surface area contributed by atoms with Gasteiger partial charge in [0.2, 0.25) is 11.7 Å². The molecule has 0 radical (unpaired) electrons. The lowest BCUT2D eigenvalue weighted by Crippen LogP contribution is -2.26. The molecule has 1 aliphatic rings. The van der Waals surface area contributed by atoms with Crippen molar-refractivity contribution < 1.29 is 41.0 Å². The minimum atomic E-state index is -4.44. The number of nitrogens with one attached hydrogen (secondary N) is 2. The van der Waals surface area contributed by atoms with Gasteiger partial charge in [-0.05, 0) is 37.5 Å². The van der Waals surface area contributed by atoms with Gasteiger partial charge in [0.1, 0.15) is 12.9 Å². The number of alkyl halides is 5. The highest BCUT2D eigenvalue weighted by molar-refractivity contribution is 5.96. The number of ether oxygens (including phenoxy) is 1. The highest BCUT2D eigenvalue weighted by Gasteiger charge is 2.35. The van der Waals surface area contributed by atoms with Crippen LogP contribution in [0, 0.1) is 6.92 Å². The van der Waals surface area contributed by atoms with Crippen molar-refractivity contribution in [1.82, 2.24) is 19.9 Å². The number of anilines is 1. The molecule has 3 N–H and O–H groups in total. The van der Waals surface area contributed by atoms with Crippen LogP contribution in [-0.2, 0) is 0 Å². The van der Waals surface area contributed by atoms with Gasteiger partial charge in [-0.3, -0.25) is 4.79 Å². The first-order valence-corrected chi connectivity index (χ1v) is 11.5. The highest BCUT2D eigenvalue weighted by atomic mass is 19.4. The maximum atomic E-state index is 13.7. The summed E-state index contributed by atoms with van der Waals surface area (Å²) in [6.45, 7) is -0.605. The normalized spacial score (nSPS) is 14.6. The SMILES string of the molecule is Cc1cc(-c2cnc3c(NCCC(F)(F)F)cc(OC=C(F)C(F)(F)CO)nn23)ccc1C(=O)NC1CC1. The molecule has 2 aromatic heterocycles. The maximum Gasteiger partial charge on any atom is 0.390 e. The van der Waals surface area contributed by atoms with Crippen LogP contribution in [0.5, 0.6) is 5.88 Å². The van der Waals surface area contributed by atoms with Crippen LogP contribution in [0.4, 0.5) is 32.0 Å². The summed E-state index contributed by atoms with van der Waals surface area (Å²) in [5.41, 5.74) is 2.09. The molecule has 0 aliphatic heterocycles. The van der Waals surface area contributed by atoms with Gasteiger partial charge in [-0.1, -0.05) is 6.07 Å². The predicted molar refractivity (Wildman–Crippen MR) is 125 cm³/mol. The number of halogens is 6. The smallest absolute Gasteiger partial charge is 0.390 e. The van der Waals surface area contributed by atoms with Crippen molar-refractivity contribution in [2.75, 3.05) is 18.5 Å². The Bertz CT molecular complexity index is 1370. The van der Waals surface area contributed by atoms with Gasteiger partial charge in [0.25, 0.3) is 5.91 Å². The second-order valence-corrected chi connectivity index (χ2v) is 8.79. The number of carbonyl (C=O) groups is 1. The van der Waals surface area contributed by atoms with Crippen molar-refractivity contribution in [3.63, 3.8) is 0 Å². The number of amides is 1. The van der Waals surface area contributed by atoms with Crippen LogP contribution >= 0.6 is 0 Å². The van der Waals surface area contributed by atoms with Crippen LogP contribution in [0.3, 0.4) is 0 Å². The molecule has 0 bridgehead atoms. The maximum absolute atomic E-state index is 13.7. The van der Waals surface area contributed by atoms with E-state index >= 15 is 0 Å². The van der Waals surface area contributed by atoms with Gasteiger partial charge in [0.05, 0.1) is 24.0 Å². The molecule has 1 amide bonds. The van der Waals surface area contributed by atoms with Gasteiger partial charge in [-0.15, -0.1) is 5.10 Å². The van der Waals surface area contributed by atoms with E-state index < -0.39 is 43.4 Å². The van der Waals surface area contributed by atoms with E-state index in [2.05, 4.69) is 20.7 Å². The average Bonchev–Trinajstić information content (AvgIpc) is 3.56. The average molecular weight is 543 g/mol. The molecular weight excluding hydrogens is 520 g/mol. The first-order valence-electron chi connectivity index (χ1n) is 11.5. The third-order valence-electron chi connectivity index (χ3n) is 5.68. The molecule has 3 aromatic rings. The highest BCUT2D eigenvalue weighted by Crippen LogP contribution is 2.30. The fourth-order valence-electron chi connectivity index (χ4n) is 3.51. The monoisotopic (exact) mass is 543 g/mol. The topological polar surface area (TPSA) is 101 Å². The number of aliphatic hydroxyl groups is 1. The number of aromatic nitrogens is 3. The number of benzene rings is 1. The molecular formula is C24H23F6N5O3. The third-order valence-corrected chi connectivity index (χ3v) is 5.68. The molecule has 0 unspecified atom stereocenters.